The lowest BCUT2D eigenvalue weighted by Gasteiger charge is -2.21. The summed E-state index contributed by atoms with van der Waals surface area (Å²) >= 11 is 0. The van der Waals surface area contributed by atoms with Gasteiger partial charge in [0.1, 0.15) is 6.54 Å². The zero-order chi connectivity index (χ0) is 17.9. The van der Waals surface area contributed by atoms with Crippen molar-refractivity contribution >= 4 is 27.0 Å². The molecular formula is C16H23N3O4S. The third-order valence-electron chi connectivity index (χ3n) is 3.76. The molecule has 0 saturated carbocycles. The van der Waals surface area contributed by atoms with Crippen molar-refractivity contribution in [2.24, 2.45) is 0 Å². The summed E-state index contributed by atoms with van der Waals surface area (Å²) in [7, 11) is -3.76. The van der Waals surface area contributed by atoms with Crippen molar-refractivity contribution in [2.45, 2.75) is 33.2 Å². The van der Waals surface area contributed by atoms with E-state index < -0.39 is 15.7 Å². The molecule has 1 aromatic carbocycles. The predicted octanol–water partition coefficient (Wildman–Crippen LogP) is 1.26. The Morgan fingerprint density at radius 1 is 1.08 bits per heavy atom. The highest BCUT2D eigenvalue weighted by molar-refractivity contribution is 7.89. The van der Waals surface area contributed by atoms with Gasteiger partial charge in [0.2, 0.25) is 15.9 Å². The van der Waals surface area contributed by atoms with E-state index in [1.54, 1.807) is 29.2 Å². The fourth-order valence-corrected chi connectivity index (χ4v) is 3.68. The molecule has 0 spiro atoms. The number of aromatic nitrogens is 2. The largest absolute Gasteiger partial charge is 0.343 e. The van der Waals surface area contributed by atoms with Crippen molar-refractivity contribution in [2.75, 3.05) is 19.3 Å². The number of hydrogen-bond acceptors (Lipinski definition) is 4. The molecule has 1 amide bonds. The fourth-order valence-electron chi connectivity index (χ4n) is 2.79. The third-order valence-corrected chi connectivity index (χ3v) is 4.78. The van der Waals surface area contributed by atoms with E-state index in [0.29, 0.717) is 18.6 Å². The Balaban J connectivity index is 2.52. The Labute approximate surface area is 141 Å². The van der Waals surface area contributed by atoms with Crippen LogP contribution in [0.25, 0.3) is 11.0 Å². The van der Waals surface area contributed by atoms with E-state index in [2.05, 4.69) is 0 Å². The van der Waals surface area contributed by atoms with Gasteiger partial charge < -0.3 is 4.90 Å². The SMILES string of the molecule is CCCN(CCC)C(=O)Cn1c(=O)n(S(C)(=O)=O)c2ccccc21. The van der Waals surface area contributed by atoms with Crippen molar-refractivity contribution in [3.05, 3.63) is 34.7 Å². The minimum absolute atomic E-state index is 0.165. The quantitative estimate of drug-likeness (QED) is 0.750. The van der Waals surface area contributed by atoms with Gasteiger partial charge in [0.25, 0.3) is 0 Å². The molecule has 0 fully saturated rings. The van der Waals surface area contributed by atoms with E-state index in [1.165, 1.54) is 4.57 Å². The average Bonchev–Trinajstić information content (AvgIpc) is 2.79. The van der Waals surface area contributed by atoms with Crippen LogP contribution in [-0.4, -0.2) is 47.1 Å². The smallest absolute Gasteiger partial charge is 0.341 e. The van der Waals surface area contributed by atoms with Crippen molar-refractivity contribution in [3.8, 4) is 0 Å². The van der Waals surface area contributed by atoms with Gasteiger partial charge in [0, 0.05) is 13.1 Å². The normalized spacial score (nSPS) is 11.8. The number of fused-ring (bicyclic) bond motifs is 1. The molecule has 1 heterocycles. The zero-order valence-electron chi connectivity index (χ0n) is 14.2. The van der Waals surface area contributed by atoms with Crippen LogP contribution in [0.15, 0.2) is 29.1 Å². The highest BCUT2D eigenvalue weighted by atomic mass is 32.2. The van der Waals surface area contributed by atoms with Crippen LogP contribution in [0.3, 0.4) is 0 Å². The van der Waals surface area contributed by atoms with Gasteiger partial charge in [-0.2, -0.15) is 3.97 Å². The molecule has 0 bridgehead atoms. The maximum Gasteiger partial charge on any atom is 0.343 e. The van der Waals surface area contributed by atoms with Crippen molar-refractivity contribution in [1.29, 1.82) is 0 Å². The Morgan fingerprint density at radius 3 is 2.12 bits per heavy atom. The molecule has 0 radical (unpaired) electrons. The third kappa shape index (κ3) is 3.53. The summed E-state index contributed by atoms with van der Waals surface area (Å²) in [6.45, 7) is 5.04. The molecular weight excluding hydrogens is 330 g/mol. The molecule has 0 N–H and O–H groups in total. The lowest BCUT2D eigenvalue weighted by Crippen LogP contribution is -2.38. The first-order valence-electron chi connectivity index (χ1n) is 7.99. The van der Waals surface area contributed by atoms with E-state index in [9.17, 15) is 18.0 Å². The molecule has 0 aliphatic heterocycles. The number of carbonyl (C=O) groups is 1. The first-order valence-corrected chi connectivity index (χ1v) is 9.84. The lowest BCUT2D eigenvalue weighted by atomic mass is 10.3. The molecule has 8 heteroatoms. The van der Waals surface area contributed by atoms with Gasteiger partial charge in [0.05, 0.1) is 17.3 Å². The van der Waals surface area contributed by atoms with Crippen LogP contribution in [-0.2, 0) is 21.4 Å². The topological polar surface area (TPSA) is 81.4 Å². The summed E-state index contributed by atoms with van der Waals surface area (Å²) in [5, 5.41) is 0. The number of imidazole rings is 1. The fraction of sp³-hybridized carbons (Fsp3) is 0.500. The summed E-state index contributed by atoms with van der Waals surface area (Å²) < 4.78 is 25.9. The van der Waals surface area contributed by atoms with Crippen LogP contribution in [0.4, 0.5) is 0 Å². The van der Waals surface area contributed by atoms with Crippen LogP contribution < -0.4 is 5.69 Å². The number of hydrogen-bond donors (Lipinski definition) is 0. The van der Waals surface area contributed by atoms with Crippen LogP contribution in [0.1, 0.15) is 26.7 Å². The Kier molecular flexibility index (Phi) is 5.48. The van der Waals surface area contributed by atoms with Crippen molar-refractivity contribution in [3.63, 3.8) is 0 Å². The molecule has 132 valence electrons. The second-order valence-electron chi connectivity index (χ2n) is 5.77. The van der Waals surface area contributed by atoms with Crippen LogP contribution in [0.5, 0.6) is 0 Å². The molecule has 0 saturated heterocycles. The number of carbonyl (C=O) groups excluding carboxylic acids is 1. The van der Waals surface area contributed by atoms with Crippen LogP contribution in [0, 0.1) is 0 Å². The van der Waals surface area contributed by atoms with Crippen molar-refractivity contribution in [1.82, 2.24) is 13.4 Å². The van der Waals surface area contributed by atoms with Gasteiger partial charge in [-0.3, -0.25) is 9.36 Å². The molecule has 0 atom stereocenters. The second kappa shape index (κ2) is 7.21. The Hall–Kier alpha value is -2.09. The number of para-hydroxylation sites is 2. The van der Waals surface area contributed by atoms with E-state index in [0.717, 1.165) is 23.1 Å². The standard InChI is InChI=1S/C16H23N3O4S/c1-4-10-17(11-5-2)15(20)12-18-13-8-6-7-9-14(13)19(16(18)21)24(3,22)23/h6-9H,4-5,10-12H2,1-3H3. The average molecular weight is 353 g/mol. The number of nitrogens with zero attached hydrogens (tertiary/aromatic N) is 3. The first-order chi connectivity index (χ1) is 11.3. The van der Waals surface area contributed by atoms with Gasteiger partial charge >= 0.3 is 5.69 Å². The van der Waals surface area contributed by atoms with Gasteiger partial charge in [-0.25, -0.2) is 13.2 Å². The van der Waals surface area contributed by atoms with Crippen LogP contribution in [0.2, 0.25) is 0 Å². The summed E-state index contributed by atoms with van der Waals surface area (Å²) in [6.07, 6.45) is 2.63. The maximum atomic E-state index is 12.6. The zero-order valence-corrected chi connectivity index (χ0v) is 15.0. The van der Waals surface area contributed by atoms with E-state index in [1.807, 2.05) is 13.8 Å². The minimum atomic E-state index is -3.76. The summed E-state index contributed by atoms with van der Waals surface area (Å²) in [5.74, 6) is -0.183. The van der Waals surface area contributed by atoms with Gasteiger partial charge in [-0.15, -0.1) is 0 Å². The summed E-state index contributed by atoms with van der Waals surface area (Å²) in [4.78, 5) is 26.8. The molecule has 7 nitrogen and oxygen atoms in total. The second-order valence-corrected chi connectivity index (χ2v) is 7.60. The number of benzene rings is 1. The Morgan fingerprint density at radius 2 is 1.62 bits per heavy atom. The monoisotopic (exact) mass is 353 g/mol. The van der Waals surface area contributed by atoms with Crippen LogP contribution >= 0.6 is 0 Å². The first kappa shape index (κ1) is 18.3. The summed E-state index contributed by atoms with van der Waals surface area (Å²) in [6, 6.07) is 6.59. The van der Waals surface area contributed by atoms with E-state index in [-0.39, 0.29) is 18.0 Å². The van der Waals surface area contributed by atoms with E-state index in [4.69, 9.17) is 0 Å². The van der Waals surface area contributed by atoms with Gasteiger partial charge in [-0.1, -0.05) is 26.0 Å². The van der Waals surface area contributed by atoms with Gasteiger partial charge in [0.15, 0.2) is 0 Å². The Bertz CT molecular complexity index is 890. The van der Waals surface area contributed by atoms with E-state index >= 15 is 0 Å². The molecule has 1 aromatic heterocycles. The predicted molar refractivity (Wildman–Crippen MR) is 93.6 cm³/mol. The molecule has 2 aromatic rings. The molecule has 0 unspecified atom stereocenters. The maximum absolute atomic E-state index is 12.6. The molecule has 0 aliphatic carbocycles. The minimum Gasteiger partial charge on any atom is -0.341 e. The van der Waals surface area contributed by atoms with Crippen molar-refractivity contribution < 1.29 is 13.2 Å². The number of amides is 1. The summed E-state index contributed by atoms with van der Waals surface area (Å²) in [5.41, 5.74) is 0.0181. The molecule has 0 aliphatic rings. The van der Waals surface area contributed by atoms with Gasteiger partial charge in [-0.05, 0) is 25.0 Å². The molecule has 2 rings (SSSR count). The number of rotatable bonds is 7. The highest BCUT2D eigenvalue weighted by Crippen LogP contribution is 2.14. The highest BCUT2D eigenvalue weighted by Gasteiger charge is 2.22. The lowest BCUT2D eigenvalue weighted by molar-refractivity contribution is -0.131. The molecule has 24 heavy (non-hydrogen) atoms.